The van der Waals surface area contributed by atoms with Crippen molar-refractivity contribution in [2.45, 2.75) is 24.4 Å². The average Bonchev–Trinajstić information content (AvgIpc) is 3.12. The number of benzene rings is 2. The molecular formula is C22H24N2O5S. The lowest BCUT2D eigenvalue weighted by molar-refractivity contribution is 0.0525. The maximum absolute atomic E-state index is 12.1. The summed E-state index contributed by atoms with van der Waals surface area (Å²) in [6.45, 7) is 3.28. The maximum atomic E-state index is 12.1. The number of aromatic nitrogens is 2. The van der Waals surface area contributed by atoms with Crippen molar-refractivity contribution in [3.05, 3.63) is 59.2 Å². The van der Waals surface area contributed by atoms with E-state index in [-0.39, 0.29) is 11.9 Å². The van der Waals surface area contributed by atoms with Crippen molar-refractivity contribution in [2.24, 2.45) is 0 Å². The smallest absolute Gasteiger partial charge is 0.338 e. The minimum Gasteiger partial charge on any atom is -0.465 e. The molecule has 158 valence electrons. The number of ether oxygens (including phenoxy) is 3. The van der Waals surface area contributed by atoms with Gasteiger partial charge < -0.3 is 18.8 Å². The van der Waals surface area contributed by atoms with Crippen molar-refractivity contribution in [3.63, 3.8) is 0 Å². The first-order valence-electron chi connectivity index (χ1n) is 9.53. The van der Waals surface area contributed by atoms with Crippen LogP contribution in [0.1, 0.15) is 33.2 Å². The molecule has 0 bridgehead atoms. The predicted molar refractivity (Wildman–Crippen MR) is 115 cm³/mol. The number of fused-ring (bicyclic) bond motifs is 1. The summed E-state index contributed by atoms with van der Waals surface area (Å²) in [5.74, 6) is -0.0911. The SMILES string of the molecule is CCOC(=O)c1ccc2c(c1)nc(SCc1cccc(C(=O)OC)c1)n2CCOC. The van der Waals surface area contributed by atoms with E-state index in [2.05, 4.69) is 4.57 Å². The summed E-state index contributed by atoms with van der Waals surface area (Å²) in [4.78, 5) is 28.5. The molecule has 1 aromatic heterocycles. The van der Waals surface area contributed by atoms with Crippen LogP contribution in [0.3, 0.4) is 0 Å². The Kier molecular flexibility index (Phi) is 7.48. The number of methoxy groups -OCH3 is 2. The fourth-order valence-corrected chi connectivity index (χ4v) is 4.00. The lowest BCUT2D eigenvalue weighted by Crippen LogP contribution is -2.06. The highest BCUT2D eigenvalue weighted by atomic mass is 32.2. The van der Waals surface area contributed by atoms with E-state index < -0.39 is 0 Å². The van der Waals surface area contributed by atoms with Gasteiger partial charge in [0.1, 0.15) is 0 Å². The fourth-order valence-electron chi connectivity index (χ4n) is 3.01. The summed E-state index contributed by atoms with van der Waals surface area (Å²) in [7, 11) is 3.02. The van der Waals surface area contributed by atoms with Crippen LogP contribution in [0.4, 0.5) is 0 Å². The van der Waals surface area contributed by atoms with Gasteiger partial charge in [-0.15, -0.1) is 0 Å². The average molecular weight is 429 g/mol. The normalized spacial score (nSPS) is 10.9. The van der Waals surface area contributed by atoms with Gasteiger partial charge in [-0.2, -0.15) is 0 Å². The van der Waals surface area contributed by atoms with E-state index in [4.69, 9.17) is 19.2 Å². The molecule has 0 radical (unpaired) electrons. The van der Waals surface area contributed by atoms with Gasteiger partial charge in [-0.3, -0.25) is 0 Å². The number of nitrogens with zero attached hydrogens (tertiary/aromatic N) is 2. The molecule has 0 saturated heterocycles. The van der Waals surface area contributed by atoms with Gasteiger partial charge in [-0.25, -0.2) is 14.6 Å². The Morgan fingerprint density at radius 2 is 1.87 bits per heavy atom. The molecule has 2 aromatic carbocycles. The van der Waals surface area contributed by atoms with E-state index in [1.807, 2.05) is 24.3 Å². The van der Waals surface area contributed by atoms with E-state index in [0.717, 1.165) is 21.8 Å². The molecule has 1 heterocycles. The first-order valence-corrected chi connectivity index (χ1v) is 10.5. The third-order valence-electron chi connectivity index (χ3n) is 4.46. The van der Waals surface area contributed by atoms with Gasteiger partial charge in [-0.1, -0.05) is 23.9 Å². The highest BCUT2D eigenvalue weighted by Crippen LogP contribution is 2.28. The molecule has 0 aliphatic heterocycles. The third kappa shape index (κ3) is 5.01. The van der Waals surface area contributed by atoms with Crippen LogP contribution in [0.2, 0.25) is 0 Å². The second-order valence-corrected chi connectivity index (χ2v) is 7.39. The van der Waals surface area contributed by atoms with E-state index in [0.29, 0.717) is 36.6 Å². The van der Waals surface area contributed by atoms with Crippen LogP contribution < -0.4 is 0 Å². The summed E-state index contributed by atoms with van der Waals surface area (Å²) in [5.41, 5.74) is 3.62. The molecule has 7 nitrogen and oxygen atoms in total. The van der Waals surface area contributed by atoms with Crippen LogP contribution in [-0.2, 0) is 26.5 Å². The molecule has 8 heteroatoms. The zero-order valence-electron chi connectivity index (χ0n) is 17.2. The molecule has 0 unspecified atom stereocenters. The Labute approximate surface area is 179 Å². The lowest BCUT2D eigenvalue weighted by atomic mass is 10.1. The van der Waals surface area contributed by atoms with Gasteiger partial charge >= 0.3 is 11.9 Å². The highest BCUT2D eigenvalue weighted by Gasteiger charge is 2.15. The summed E-state index contributed by atoms with van der Waals surface area (Å²) in [6.07, 6.45) is 0. The Morgan fingerprint density at radius 1 is 1.07 bits per heavy atom. The van der Waals surface area contributed by atoms with Crippen LogP contribution in [-0.4, -0.2) is 48.9 Å². The quantitative estimate of drug-likeness (QED) is 0.377. The summed E-state index contributed by atoms with van der Waals surface area (Å²) < 4.78 is 17.2. The van der Waals surface area contributed by atoms with E-state index in [1.54, 1.807) is 44.0 Å². The fraction of sp³-hybridized carbons (Fsp3) is 0.318. The Morgan fingerprint density at radius 3 is 2.60 bits per heavy atom. The Hall–Kier alpha value is -2.84. The second kappa shape index (κ2) is 10.3. The number of hydrogen-bond donors (Lipinski definition) is 0. The third-order valence-corrected chi connectivity index (χ3v) is 5.51. The van der Waals surface area contributed by atoms with E-state index >= 15 is 0 Å². The first-order chi connectivity index (χ1) is 14.6. The molecule has 0 aliphatic carbocycles. The van der Waals surface area contributed by atoms with Crippen LogP contribution in [0, 0.1) is 0 Å². The summed E-state index contributed by atoms with van der Waals surface area (Å²) in [6, 6.07) is 12.7. The van der Waals surface area contributed by atoms with Gasteiger partial charge in [-0.05, 0) is 42.8 Å². The largest absolute Gasteiger partial charge is 0.465 e. The predicted octanol–water partition coefficient (Wildman–Crippen LogP) is 3.94. The molecule has 0 aliphatic rings. The summed E-state index contributed by atoms with van der Waals surface area (Å²) >= 11 is 1.56. The first kappa shape index (κ1) is 21.9. The van der Waals surface area contributed by atoms with Crippen molar-refractivity contribution in [1.82, 2.24) is 9.55 Å². The van der Waals surface area contributed by atoms with E-state index in [9.17, 15) is 9.59 Å². The zero-order valence-corrected chi connectivity index (χ0v) is 18.0. The Balaban J connectivity index is 1.88. The van der Waals surface area contributed by atoms with Gasteiger partial charge in [0.05, 0.1) is 42.5 Å². The monoisotopic (exact) mass is 428 g/mol. The topological polar surface area (TPSA) is 79.6 Å². The maximum Gasteiger partial charge on any atom is 0.338 e. The number of esters is 2. The Bertz CT molecular complexity index is 1050. The highest BCUT2D eigenvalue weighted by molar-refractivity contribution is 7.98. The van der Waals surface area contributed by atoms with Crippen molar-refractivity contribution >= 4 is 34.7 Å². The molecule has 30 heavy (non-hydrogen) atoms. The number of hydrogen-bond acceptors (Lipinski definition) is 7. The minimum atomic E-state index is -0.361. The number of rotatable bonds is 9. The van der Waals surface area contributed by atoms with Crippen LogP contribution in [0.15, 0.2) is 47.6 Å². The standard InChI is InChI=1S/C22H24N2O5S/c1-4-29-21(26)17-8-9-19-18(13-17)23-22(24(19)10-11-27-2)30-14-15-6-5-7-16(12-15)20(25)28-3/h5-9,12-13H,4,10-11,14H2,1-3H3. The zero-order chi connectivity index (χ0) is 21.5. The van der Waals surface area contributed by atoms with Crippen molar-refractivity contribution in [3.8, 4) is 0 Å². The number of thioether (sulfide) groups is 1. The van der Waals surface area contributed by atoms with Gasteiger partial charge in [0.2, 0.25) is 0 Å². The van der Waals surface area contributed by atoms with Gasteiger partial charge in [0.25, 0.3) is 0 Å². The molecule has 0 atom stereocenters. The number of carbonyl (C=O) groups is 2. The number of carbonyl (C=O) groups excluding carboxylic acids is 2. The van der Waals surface area contributed by atoms with Gasteiger partial charge in [0.15, 0.2) is 5.16 Å². The molecule has 0 N–H and O–H groups in total. The van der Waals surface area contributed by atoms with Crippen molar-refractivity contribution in [2.75, 3.05) is 27.4 Å². The molecular weight excluding hydrogens is 404 g/mol. The number of imidazole rings is 1. The molecule has 0 fully saturated rings. The van der Waals surface area contributed by atoms with Crippen LogP contribution in [0.25, 0.3) is 11.0 Å². The minimum absolute atomic E-state index is 0.324. The lowest BCUT2D eigenvalue weighted by Gasteiger charge is -2.09. The molecule has 3 rings (SSSR count). The van der Waals surface area contributed by atoms with E-state index in [1.165, 1.54) is 7.11 Å². The molecule has 0 spiro atoms. The van der Waals surface area contributed by atoms with Crippen molar-refractivity contribution < 1.29 is 23.8 Å². The van der Waals surface area contributed by atoms with Gasteiger partial charge in [0, 0.05) is 19.4 Å². The second-order valence-electron chi connectivity index (χ2n) is 6.44. The van der Waals surface area contributed by atoms with Crippen molar-refractivity contribution in [1.29, 1.82) is 0 Å². The molecule has 3 aromatic rings. The molecule has 0 amide bonds. The molecule has 0 saturated carbocycles. The van der Waals surface area contributed by atoms with Crippen LogP contribution >= 0.6 is 11.8 Å². The summed E-state index contributed by atoms with van der Waals surface area (Å²) in [5, 5.41) is 0.812. The van der Waals surface area contributed by atoms with Crippen LogP contribution in [0.5, 0.6) is 0 Å².